The summed E-state index contributed by atoms with van der Waals surface area (Å²) in [5.74, 6) is 1.30. The second-order valence-electron chi connectivity index (χ2n) is 2.78. The van der Waals surface area contributed by atoms with Gasteiger partial charge in [0.05, 0.1) is 0 Å². The summed E-state index contributed by atoms with van der Waals surface area (Å²) >= 11 is 0. The Kier molecular flexibility index (Phi) is 1.33. The van der Waals surface area contributed by atoms with Gasteiger partial charge in [-0.25, -0.2) is 4.79 Å². The van der Waals surface area contributed by atoms with Crippen molar-refractivity contribution < 1.29 is 8.83 Å². The molecule has 0 aliphatic heterocycles. The van der Waals surface area contributed by atoms with E-state index in [2.05, 4.69) is 0 Å². The van der Waals surface area contributed by atoms with E-state index in [1.165, 1.54) is 0 Å². The molecule has 0 spiro atoms. The Morgan fingerprint density at radius 1 is 1.08 bits per heavy atom. The predicted octanol–water partition coefficient (Wildman–Crippen LogP) is 2.00. The van der Waals surface area contributed by atoms with Crippen LogP contribution < -0.4 is 5.63 Å². The number of hydrogen-bond acceptors (Lipinski definition) is 3. The first kappa shape index (κ1) is 7.16. The minimum absolute atomic E-state index is 0.332. The fourth-order valence-electron chi connectivity index (χ4n) is 1.21. The highest BCUT2D eigenvalue weighted by Gasteiger charge is 2.05. The molecule has 2 aromatic rings. The molecule has 0 N–H and O–H groups in total. The van der Waals surface area contributed by atoms with Crippen LogP contribution in [0, 0.1) is 13.8 Å². The zero-order valence-electron chi connectivity index (χ0n) is 6.88. The third kappa shape index (κ3) is 0.942. The van der Waals surface area contributed by atoms with Crippen LogP contribution in [0.25, 0.3) is 11.0 Å². The zero-order valence-corrected chi connectivity index (χ0v) is 6.88. The highest BCUT2D eigenvalue weighted by Crippen LogP contribution is 2.15. The van der Waals surface area contributed by atoms with Crippen LogP contribution in [-0.4, -0.2) is 0 Å². The standard InChI is InChI=1S/C9H8O3/c1-5-3-7-8(11-5)4-6(2)12-9(7)10/h3-4H,1-2H3. The average Bonchev–Trinajstić information content (AvgIpc) is 2.29. The third-order valence-corrected chi connectivity index (χ3v) is 1.69. The monoisotopic (exact) mass is 164 g/mol. The van der Waals surface area contributed by atoms with Crippen LogP contribution in [0.4, 0.5) is 0 Å². The molecule has 2 heterocycles. The van der Waals surface area contributed by atoms with Crippen LogP contribution in [0.2, 0.25) is 0 Å². The van der Waals surface area contributed by atoms with E-state index < -0.39 is 0 Å². The van der Waals surface area contributed by atoms with Gasteiger partial charge in [-0.15, -0.1) is 0 Å². The van der Waals surface area contributed by atoms with E-state index in [-0.39, 0.29) is 5.63 Å². The molecule has 2 rings (SSSR count). The summed E-state index contributed by atoms with van der Waals surface area (Å²) in [5.41, 5.74) is 0.267. The van der Waals surface area contributed by atoms with Gasteiger partial charge in [-0.3, -0.25) is 0 Å². The van der Waals surface area contributed by atoms with E-state index in [4.69, 9.17) is 8.83 Å². The van der Waals surface area contributed by atoms with E-state index in [1.54, 1.807) is 26.0 Å². The van der Waals surface area contributed by atoms with Gasteiger partial charge in [0.25, 0.3) is 0 Å². The lowest BCUT2D eigenvalue weighted by Crippen LogP contribution is -1.97. The quantitative estimate of drug-likeness (QED) is 0.598. The van der Waals surface area contributed by atoms with Gasteiger partial charge < -0.3 is 8.83 Å². The molecule has 2 aromatic heterocycles. The highest BCUT2D eigenvalue weighted by atomic mass is 16.4. The number of rotatable bonds is 0. The highest BCUT2D eigenvalue weighted by molar-refractivity contribution is 5.76. The van der Waals surface area contributed by atoms with Crippen molar-refractivity contribution in [3.05, 3.63) is 34.1 Å². The Morgan fingerprint density at radius 3 is 2.50 bits per heavy atom. The number of furan rings is 1. The molecule has 3 nitrogen and oxygen atoms in total. The summed E-state index contributed by atoms with van der Waals surface area (Å²) in [6.07, 6.45) is 0. The summed E-state index contributed by atoms with van der Waals surface area (Å²) in [7, 11) is 0. The Hall–Kier alpha value is -1.51. The second kappa shape index (κ2) is 2.24. The minimum atomic E-state index is -0.332. The first-order valence-electron chi connectivity index (χ1n) is 3.68. The predicted molar refractivity (Wildman–Crippen MR) is 44.2 cm³/mol. The molecule has 0 amide bonds. The van der Waals surface area contributed by atoms with Crippen LogP contribution in [0.5, 0.6) is 0 Å². The van der Waals surface area contributed by atoms with Gasteiger partial charge in [-0.2, -0.15) is 0 Å². The molecule has 62 valence electrons. The van der Waals surface area contributed by atoms with Crippen molar-refractivity contribution in [2.24, 2.45) is 0 Å². The molecule has 0 saturated heterocycles. The zero-order chi connectivity index (χ0) is 8.72. The molecule has 0 fully saturated rings. The van der Waals surface area contributed by atoms with Crippen molar-refractivity contribution in [3.63, 3.8) is 0 Å². The van der Waals surface area contributed by atoms with Crippen LogP contribution in [0.3, 0.4) is 0 Å². The van der Waals surface area contributed by atoms with Gasteiger partial charge in [0.15, 0.2) is 0 Å². The van der Waals surface area contributed by atoms with Crippen molar-refractivity contribution in [3.8, 4) is 0 Å². The Bertz CT molecular complexity index is 476. The van der Waals surface area contributed by atoms with Gasteiger partial charge in [0.2, 0.25) is 0 Å². The topological polar surface area (TPSA) is 43.4 Å². The summed E-state index contributed by atoms with van der Waals surface area (Å²) in [6, 6.07) is 3.39. The summed E-state index contributed by atoms with van der Waals surface area (Å²) in [5, 5.41) is 0.512. The van der Waals surface area contributed by atoms with Crippen LogP contribution in [0.1, 0.15) is 11.5 Å². The smallest absolute Gasteiger partial charge is 0.347 e. The van der Waals surface area contributed by atoms with Crippen molar-refractivity contribution in [1.82, 2.24) is 0 Å². The number of aryl methyl sites for hydroxylation is 2. The second-order valence-corrected chi connectivity index (χ2v) is 2.78. The normalized spacial score (nSPS) is 10.8. The maximum absolute atomic E-state index is 11.2. The van der Waals surface area contributed by atoms with Gasteiger partial charge in [-0.05, 0) is 19.9 Å². The van der Waals surface area contributed by atoms with E-state index in [1.807, 2.05) is 0 Å². The Labute approximate surface area is 68.6 Å². The average molecular weight is 164 g/mol. The molecule has 0 saturated carbocycles. The van der Waals surface area contributed by atoms with E-state index in [0.29, 0.717) is 16.7 Å². The number of fused-ring (bicyclic) bond motifs is 1. The molecule has 0 aliphatic carbocycles. The fraction of sp³-hybridized carbons (Fsp3) is 0.222. The molecule has 0 unspecified atom stereocenters. The molecule has 12 heavy (non-hydrogen) atoms. The maximum atomic E-state index is 11.2. The van der Waals surface area contributed by atoms with E-state index >= 15 is 0 Å². The summed E-state index contributed by atoms with van der Waals surface area (Å²) in [6.45, 7) is 3.52. The van der Waals surface area contributed by atoms with Gasteiger partial charge >= 0.3 is 5.63 Å². The van der Waals surface area contributed by atoms with Crippen molar-refractivity contribution >= 4 is 11.0 Å². The number of hydrogen-bond donors (Lipinski definition) is 0. The maximum Gasteiger partial charge on any atom is 0.347 e. The largest absolute Gasteiger partial charge is 0.461 e. The Balaban J connectivity index is 2.98. The Morgan fingerprint density at radius 2 is 1.75 bits per heavy atom. The molecule has 0 aromatic carbocycles. The molecule has 0 atom stereocenters. The first-order valence-corrected chi connectivity index (χ1v) is 3.68. The van der Waals surface area contributed by atoms with E-state index in [9.17, 15) is 4.79 Å². The van der Waals surface area contributed by atoms with Crippen LogP contribution in [-0.2, 0) is 0 Å². The lowest BCUT2D eigenvalue weighted by Gasteiger charge is -1.88. The summed E-state index contributed by atoms with van der Waals surface area (Å²) < 4.78 is 10.2. The van der Waals surface area contributed by atoms with Crippen molar-refractivity contribution in [1.29, 1.82) is 0 Å². The van der Waals surface area contributed by atoms with Crippen molar-refractivity contribution in [2.75, 3.05) is 0 Å². The molecular formula is C9H8O3. The van der Waals surface area contributed by atoms with Crippen LogP contribution >= 0.6 is 0 Å². The van der Waals surface area contributed by atoms with Gasteiger partial charge in [-0.1, -0.05) is 0 Å². The SMILES string of the molecule is Cc1cc2oc(C)cc2c(=O)o1. The third-order valence-electron chi connectivity index (χ3n) is 1.69. The fourth-order valence-corrected chi connectivity index (χ4v) is 1.21. The van der Waals surface area contributed by atoms with Gasteiger partial charge in [0, 0.05) is 6.07 Å². The minimum Gasteiger partial charge on any atom is -0.461 e. The molecule has 0 bridgehead atoms. The molecule has 0 aliphatic rings. The van der Waals surface area contributed by atoms with E-state index in [0.717, 1.165) is 5.76 Å². The molecular weight excluding hydrogens is 156 g/mol. The molecule has 0 radical (unpaired) electrons. The van der Waals surface area contributed by atoms with Gasteiger partial charge in [0.1, 0.15) is 22.5 Å². The van der Waals surface area contributed by atoms with Crippen LogP contribution in [0.15, 0.2) is 25.8 Å². The first-order chi connectivity index (χ1) is 5.66. The lowest BCUT2D eigenvalue weighted by molar-refractivity contribution is 0.484. The van der Waals surface area contributed by atoms with Crippen molar-refractivity contribution in [2.45, 2.75) is 13.8 Å². The summed E-state index contributed by atoms with van der Waals surface area (Å²) in [4.78, 5) is 11.2. The molecule has 3 heteroatoms. The lowest BCUT2D eigenvalue weighted by atomic mass is 10.3.